The van der Waals surface area contributed by atoms with Crippen molar-refractivity contribution in [3.63, 3.8) is 0 Å². The van der Waals surface area contributed by atoms with Crippen LogP contribution in [0.3, 0.4) is 0 Å². The van der Waals surface area contributed by atoms with Gasteiger partial charge in [-0.1, -0.05) is 53.7 Å². The van der Waals surface area contributed by atoms with Gasteiger partial charge in [0.15, 0.2) is 0 Å². The number of amides is 2. The fourth-order valence-electron chi connectivity index (χ4n) is 3.73. The number of methoxy groups -OCH3 is 1. The molecule has 34 heavy (non-hydrogen) atoms. The molecule has 0 spiro atoms. The molecule has 0 saturated heterocycles. The highest BCUT2D eigenvalue weighted by Crippen LogP contribution is 2.30. The number of halogens is 1. The smallest absolute Gasteiger partial charge is 0.249 e. The number of anilines is 1. The summed E-state index contributed by atoms with van der Waals surface area (Å²) in [5, 5.41) is 10.9. The fourth-order valence-corrected chi connectivity index (χ4v) is 3.73. The molecule has 1 N–H and O–H groups in total. The average Bonchev–Trinajstić information content (AvgIpc) is 3.26. The van der Waals surface area contributed by atoms with E-state index >= 15 is 0 Å². The Morgan fingerprint density at radius 3 is 2.50 bits per heavy atom. The van der Waals surface area contributed by atoms with Crippen LogP contribution in [0.1, 0.15) is 11.6 Å². The summed E-state index contributed by atoms with van der Waals surface area (Å²) in [4.78, 5) is 28.4. The maximum absolute atomic E-state index is 14.9. The van der Waals surface area contributed by atoms with Gasteiger partial charge in [0.25, 0.3) is 0 Å². The lowest BCUT2D eigenvalue weighted by molar-refractivity contribution is -0.127. The van der Waals surface area contributed by atoms with Gasteiger partial charge in [-0.15, -0.1) is 5.10 Å². The number of rotatable bonds is 9. The number of carbonyl (C=O) groups is 2. The molecule has 9 heteroatoms. The van der Waals surface area contributed by atoms with Gasteiger partial charge in [-0.2, -0.15) is 0 Å². The van der Waals surface area contributed by atoms with Crippen LogP contribution < -0.4 is 10.2 Å². The van der Waals surface area contributed by atoms with E-state index in [1.807, 2.05) is 12.1 Å². The third-order valence-corrected chi connectivity index (χ3v) is 5.32. The predicted molar refractivity (Wildman–Crippen MR) is 125 cm³/mol. The molecule has 0 radical (unpaired) electrons. The number of nitrogens with zero attached hydrogens (tertiary/aromatic N) is 4. The third kappa shape index (κ3) is 4.94. The second kappa shape index (κ2) is 10.7. The maximum atomic E-state index is 14.9. The number of para-hydroxylation sites is 2. The highest BCUT2D eigenvalue weighted by molar-refractivity contribution is 6.01. The van der Waals surface area contributed by atoms with Crippen molar-refractivity contribution in [3.05, 3.63) is 90.2 Å². The van der Waals surface area contributed by atoms with Crippen LogP contribution in [0, 0.1) is 5.82 Å². The average molecular weight is 461 g/mol. The topological polar surface area (TPSA) is 89.4 Å². The summed E-state index contributed by atoms with van der Waals surface area (Å²) in [6.45, 7) is 0.302. The maximum Gasteiger partial charge on any atom is 0.249 e. The van der Waals surface area contributed by atoms with E-state index in [1.165, 1.54) is 34.9 Å². The molecule has 4 rings (SSSR count). The minimum Gasteiger partial charge on any atom is -0.383 e. The van der Waals surface area contributed by atoms with Crippen LogP contribution in [-0.2, 0) is 20.9 Å². The van der Waals surface area contributed by atoms with Gasteiger partial charge in [-0.3, -0.25) is 14.5 Å². The largest absolute Gasteiger partial charge is 0.383 e. The number of benzene rings is 3. The highest BCUT2D eigenvalue weighted by atomic mass is 19.1. The summed E-state index contributed by atoms with van der Waals surface area (Å²) in [5.41, 5.74) is 1.85. The number of ether oxygens (including phenoxy) is 1. The van der Waals surface area contributed by atoms with Gasteiger partial charge < -0.3 is 10.1 Å². The first-order chi connectivity index (χ1) is 16.6. The lowest BCUT2D eigenvalue weighted by Gasteiger charge is -2.31. The number of fused-ring (bicyclic) bond motifs is 1. The van der Waals surface area contributed by atoms with Gasteiger partial charge >= 0.3 is 0 Å². The van der Waals surface area contributed by atoms with Gasteiger partial charge in [0, 0.05) is 24.9 Å². The molecular weight excluding hydrogens is 437 g/mol. The molecule has 8 nitrogen and oxygen atoms in total. The SMILES string of the molecule is COCCNC(=O)C(c1ccccc1F)N(C(=O)Cn1nnc2ccccc21)c1ccccc1. The molecule has 4 aromatic rings. The van der Waals surface area contributed by atoms with Gasteiger partial charge in [0.05, 0.1) is 12.1 Å². The van der Waals surface area contributed by atoms with Crippen LogP contribution in [0.4, 0.5) is 10.1 Å². The Labute approximate surface area is 195 Å². The van der Waals surface area contributed by atoms with E-state index in [0.29, 0.717) is 16.7 Å². The second-order valence-corrected chi connectivity index (χ2v) is 7.54. The molecule has 0 aliphatic carbocycles. The Morgan fingerprint density at radius 1 is 1.03 bits per heavy atom. The predicted octanol–water partition coefficient (Wildman–Crippen LogP) is 3.11. The summed E-state index contributed by atoms with van der Waals surface area (Å²) in [7, 11) is 1.52. The van der Waals surface area contributed by atoms with Gasteiger partial charge in [0.2, 0.25) is 11.8 Å². The first-order valence-electron chi connectivity index (χ1n) is 10.8. The summed E-state index contributed by atoms with van der Waals surface area (Å²) >= 11 is 0. The zero-order valence-corrected chi connectivity index (χ0v) is 18.6. The zero-order chi connectivity index (χ0) is 23.9. The Balaban J connectivity index is 1.77. The molecule has 2 amide bonds. The van der Waals surface area contributed by atoms with Crippen molar-refractivity contribution in [2.45, 2.75) is 12.6 Å². The van der Waals surface area contributed by atoms with Crippen LogP contribution in [0.15, 0.2) is 78.9 Å². The summed E-state index contributed by atoms with van der Waals surface area (Å²) < 4.78 is 21.4. The van der Waals surface area contributed by atoms with E-state index in [0.717, 1.165) is 0 Å². The Morgan fingerprint density at radius 2 is 1.74 bits per heavy atom. The lowest BCUT2D eigenvalue weighted by atomic mass is 10.0. The van der Waals surface area contributed by atoms with Crippen LogP contribution in [0.5, 0.6) is 0 Å². The normalized spacial score (nSPS) is 11.8. The third-order valence-electron chi connectivity index (χ3n) is 5.32. The van der Waals surface area contributed by atoms with Crippen LogP contribution in [-0.4, -0.2) is 47.1 Å². The van der Waals surface area contributed by atoms with Crippen molar-refractivity contribution in [2.24, 2.45) is 0 Å². The van der Waals surface area contributed by atoms with E-state index in [-0.39, 0.29) is 25.3 Å². The van der Waals surface area contributed by atoms with Gasteiger partial charge in [-0.25, -0.2) is 9.07 Å². The van der Waals surface area contributed by atoms with Gasteiger partial charge in [-0.05, 0) is 30.3 Å². The standard InChI is InChI=1S/C25H24FN5O3/c1-34-16-15-27-25(33)24(19-11-5-6-12-20(19)26)31(18-9-3-2-4-10-18)23(32)17-30-22-14-8-7-13-21(22)28-29-30/h2-14,24H,15-17H2,1H3,(H,27,33). The summed E-state index contributed by atoms with van der Waals surface area (Å²) in [6, 6.07) is 20.7. The summed E-state index contributed by atoms with van der Waals surface area (Å²) in [6.07, 6.45) is 0. The quantitative estimate of drug-likeness (QED) is 0.387. The molecule has 3 aromatic carbocycles. The fraction of sp³-hybridized carbons (Fsp3) is 0.200. The number of aromatic nitrogens is 3. The van der Waals surface area contributed by atoms with E-state index in [2.05, 4.69) is 15.6 Å². The minimum atomic E-state index is -1.25. The molecule has 0 aliphatic rings. The molecule has 1 atom stereocenters. The van der Waals surface area contributed by atoms with Gasteiger partial charge in [0.1, 0.15) is 23.9 Å². The first-order valence-corrected chi connectivity index (χ1v) is 10.8. The van der Waals surface area contributed by atoms with Crippen LogP contribution >= 0.6 is 0 Å². The highest BCUT2D eigenvalue weighted by Gasteiger charge is 2.34. The van der Waals surface area contributed by atoms with Crippen molar-refractivity contribution >= 4 is 28.5 Å². The number of carbonyl (C=O) groups excluding carboxylic acids is 2. The van der Waals surface area contributed by atoms with E-state index in [1.54, 1.807) is 48.5 Å². The monoisotopic (exact) mass is 461 g/mol. The van der Waals surface area contributed by atoms with Crippen molar-refractivity contribution < 1.29 is 18.7 Å². The molecule has 0 aliphatic heterocycles. The van der Waals surface area contributed by atoms with Crippen molar-refractivity contribution in [2.75, 3.05) is 25.2 Å². The summed E-state index contributed by atoms with van der Waals surface area (Å²) in [5.74, 6) is -1.56. The Bertz CT molecular complexity index is 1280. The molecule has 0 saturated carbocycles. The number of nitrogens with one attached hydrogen (secondary N) is 1. The zero-order valence-electron chi connectivity index (χ0n) is 18.6. The Hall–Kier alpha value is -4.11. The van der Waals surface area contributed by atoms with Crippen LogP contribution in [0.2, 0.25) is 0 Å². The lowest BCUT2D eigenvalue weighted by Crippen LogP contribution is -2.46. The van der Waals surface area contributed by atoms with Crippen molar-refractivity contribution in [1.29, 1.82) is 0 Å². The Kier molecular flexibility index (Phi) is 7.24. The first kappa shape index (κ1) is 23.1. The van der Waals surface area contributed by atoms with E-state index < -0.39 is 23.7 Å². The molecule has 1 unspecified atom stereocenters. The molecule has 174 valence electrons. The minimum absolute atomic E-state index is 0.0815. The van der Waals surface area contributed by atoms with E-state index in [9.17, 15) is 14.0 Å². The molecule has 0 fully saturated rings. The molecule has 1 aromatic heterocycles. The molecular formula is C25H24FN5O3. The molecule has 1 heterocycles. The van der Waals surface area contributed by atoms with Crippen LogP contribution in [0.25, 0.3) is 11.0 Å². The van der Waals surface area contributed by atoms with E-state index in [4.69, 9.17) is 4.74 Å². The molecule has 0 bridgehead atoms. The van der Waals surface area contributed by atoms with Crippen molar-refractivity contribution in [3.8, 4) is 0 Å². The number of hydrogen-bond acceptors (Lipinski definition) is 5. The second-order valence-electron chi connectivity index (χ2n) is 7.54. The number of hydrogen-bond donors (Lipinski definition) is 1. The van der Waals surface area contributed by atoms with Crippen molar-refractivity contribution in [1.82, 2.24) is 20.3 Å².